The van der Waals surface area contributed by atoms with E-state index in [9.17, 15) is 0 Å². The Labute approximate surface area is 337 Å². The molecule has 0 radical (unpaired) electrons. The first-order valence-electron chi connectivity index (χ1n) is 19.8. The van der Waals surface area contributed by atoms with Crippen molar-refractivity contribution in [3.63, 3.8) is 0 Å². The molecule has 11 aromatic rings. The standard InChI is InChI=1S/C56H37NO/c1-2-13-38(14-3-1)44-21-11-22-49(35-44)57(48-31-29-40(30-32-48)42-19-10-20-43(33-42)47-28-27-39-15-4-5-16-41(39)34-47)53-25-9-8-23-50(53)51-24-12-26-54-56(51)52-36-45-17-6-7-18-46(45)37-55(52)58-54/h1-37H. The fourth-order valence-electron chi connectivity index (χ4n) is 8.57. The first kappa shape index (κ1) is 33.6. The van der Waals surface area contributed by atoms with Crippen LogP contribution < -0.4 is 4.90 Å². The van der Waals surface area contributed by atoms with Crippen molar-refractivity contribution < 1.29 is 4.42 Å². The largest absolute Gasteiger partial charge is 0.456 e. The monoisotopic (exact) mass is 739 g/mol. The molecule has 1 aromatic heterocycles. The van der Waals surface area contributed by atoms with E-state index in [0.29, 0.717) is 0 Å². The van der Waals surface area contributed by atoms with Gasteiger partial charge in [-0.3, -0.25) is 0 Å². The number of hydrogen-bond acceptors (Lipinski definition) is 2. The zero-order valence-corrected chi connectivity index (χ0v) is 31.7. The molecule has 1 heterocycles. The summed E-state index contributed by atoms with van der Waals surface area (Å²) in [5.74, 6) is 0. The van der Waals surface area contributed by atoms with E-state index in [1.54, 1.807) is 0 Å². The van der Waals surface area contributed by atoms with Gasteiger partial charge in [0.1, 0.15) is 11.2 Å². The second-order valence-corrected chi connectivity index (χ2v) is 14.9. The molecule has 2 nitrogen and oxygen atoms in total. The third-order valence-corrected chi connectivity index (χ3v) is 11.4. The predicted octanol–water partition coefficient (Wildman–Crippen LogP) is 16.0. The van der Waals surface area contributed by atoms with E-state index in [1.807, 2.05) is 0 Å². The van der Waals surface area contributed by atoms with Gasteiger partial charge in [-0.2, -0.15) is 0 Å². The summed E-state index contributed by atoms with van der Waals surface area (Å²) in [6.45, 7) is 0. The van der Waals surface area contributed by atoms with Crippen LogP contribution >= 0.6 is 0 Å². The molecule has 272 valence electrons. The van der Waals surface area contributed by atoms with Gasteiger partial charge in [0.15, 0.2) is 0 Å². The molecule has 0 unspecified atom stereocenters. The molecule has 0 saturated heterocycles. The van der Waals surface area contributed by atoms with Gasteiger partial charge in [-0.05, 0) is 121 Å². The van der Waals surface area contributed by atoms with E-state index < -0.39 is 0 Å². The molecule has 0 aliphatic heterocycles. The zero-order valence-electron chi connectivity index (χ0n) is 31.7. The van der Waals surface area contributed by atoms with Crippen LogP contribution in [0.3, 0.4) is 0 Å². The first-order chi connectivity index (χ1) is 28.7. The van der Waals surface area contributed by atoms with Crippen LogP contribution in [0.25, 0.3) is 88.0 Å². The lowest BCUT2D eigenvalue weighted by atomic mass is 9.95. The number of fused-ring (bicyclic) bond motifs is 5. The maximum absolute atomic E-state index is 6.55. The van der Waals surface area contributed by atoms with Crippen LogP contribution in [0.2, 0.25) is 0 Å². The summed E-state index contributed by atoms with van der Waals surface area (Å²) in [4.78, 5) is 2.40. The number of anilines is 3. The topological polar surface area (TPSA) is 16.4 Å². The second kappa shape index (κ2) is 14.1. The van der Waals surface area contributed by atoms with Crippen molar-refractivity contribution in [2.75, 3.05) is 4.90 Å². The van der Waals surface area contributed by atoms with Crippen molar-refractivity contribution in [2.45, 2.75) is 0 Å². The van der Waals surface area contributed by atoms with Crippen LogP contribution in [0.5, 0.6) is 0 Å². The summed E-state index contributed by atoms with van der Waals surface area (Å²) in [6.07, 6.45) is 0. The normalized spacial score (nSPS) is 11.4. The molecule has 11 rings (SSSR count). The molecule has 2 heteroatoms. The van der Waals surface area contributed by atoms with Gasteiger partial charge in [-0.1, -0.05) is 164 Å². The highest BCUT2D eigenvalue weighted by Gasteiger charge is 2.21. The zero-order chi connectivity index (χ0) is 38.4. The van der Waals surface area contributed by atoms with Crippen molar-refractivity contribution in [1.29, 1.82) is 0 Å². The molecule has 0 spiro atoms. The minimum atomic E-state index is 0.880. The highest BCUT2D eigenvalue weighted by Crippen LogP contribution is 2.46. The SMILES string of the molecule is c1ccc(-c2cccc(N(c3ccc(-c4cccc(-c5ccc6ccccc6c5)c4)cc3)c3ccccc3-c3cccc4oc5cc6ccccc6cc5c34)c2)cc1. The van der Waals surface area contributed by atoms with Gasteiger partial charge in [0.05, 0.1) is 5.69 Å². The third kappa shape index (κ3) is 6.00. The molecule has 0 atom stereocenters. The molecule has 10 aromatic carbocycles. The Morgan fingerprint density at radius 3 is 1.66 bits per heavy atom. The average Bonchev–Trinajstić information content (AvgIpc) is 3.66. The molecule has 0 aliphatic carbocycles. The molecule has 0 N–H and O–H groups in total. The van der Waals surface area contributed by atoms with Crippen LogP contribution in [0, 0.1) is 0 Å². The van der Waals surface area contributed by atoms with E-state index in [-0.39, 0.29) is 0 Å². The number of rotatable bonds is 7. The van der Waals surface area contributed by atoms with Crippen molar-refractivity contribution in [3.05, 3.63) is 224 Å². The number of para-hydroxylation sites is 1. The van der Waals surface area contributed by atoms with Crippen LogP contribution in [0.15, 0.2) is 229 Å². The van der Waals surface area contributed by atoms with Crippen molar-refractivity contribution in [3.8, 4) is 44.5 Å². The fraction of sp³-hybridized carbons (Fsp3) is 0. The molecule has 0 aliphatic rings. The minimum absolute atomic E-state index is 0.880. The summed E-state index contributed by atoms with van der Waals surface area (Å²) in [6, 6.07) is 80.7. The van der Waals surface area contributed by atoms with Crippen LogP contribution in [-0.2, 0) is 0 Å². The number of nitrogens with zero attached hydrogens (tertiary/aromatic N) is 1. The van der Waals surface area contributed by atoms with Gasteiger partial charge in [0, 0.05) is 27.7 Å². The van der Waals surface area contributed by atoms with Gasteiger partial charge in [0.2, 0.25) is 0 Å². The highest BCUT2D eigenvalue weighted by atomic mass is 16.3. The molecule has 0 amide bonds. The Balaban J connectivity index is 1.05. The Morgan fingerprint density at radius 1 is 0.293 bits per heavy atom. The van der Waals surface area contributed by atoms with E-state index in [0.717, 1.165) is 55.7 Å². The van der Waals surface area contributed by atoms with Gasteiger partial charge in [-0.15, -0.1) is 0 Å². The third-order valence-electron chi connectivity index (χ3n) is 11.4. The van der Waals surface area contributed by atoms with E-state index in [1.165, 1.54) is 49.4 Å². The second-order valence-electron chi connectivity index (χ2n) is 14.9. The number of furan rings is 1. The predicted molar refractivity (Wildman–Crippen MR) is 245 cm³/mol. The van der Waals surface area contributed by atoms with Crippen molar-refractivity contribution in [1.82, 2.24) is 0 Å². The van der Waals surface area contributed by atoms with Crippen molar-refractivity contribution in [2.24, 2.45) is 0 Å². The summed E-state index contributed by atoms with van der Waals surface area (Å²) in [5.41, 5.74) is 14.4. The molecule has 0 bridgehead atoms. The Morgan fingerprint density at radius 2 is 0.845 bits per heavy atom. The lowest BCUT2D eigenvalue weighted by Crippen LogP contribution is -2.11. The lowest BCUT2D eigenvalue weighted by Gasteiger charge is -2.28. The highest BCUT2D eigenvalue weighted by molar-refractivity contribution is 6.16. The maximum atomic E-state index is 6.55. The molecular weight excluding hydrogens is 703 g/mol. The molecule has 0 fully saturated rings. The van der Waals surface area contributed by atoms with Gasteiger partial charge in [-0.25, -0.2) is 0 Å². The Hall–Kier alpha value is -7.68. The van der Waals surface area contributed by atoms with Gasteiger partial charge < -0.3 is 9.32 Å². The molecule has 0 saturated carbocycles. The molecule has 58 heavy (non-hydrogen) atoms. The summed E-state index contributed by atoms with van der Waals surface area (Å²) in [7, 11) is 0. The Kier molecular flexibility index (Phi) is 8.19. The average molecular weight is 740 g/mol. The smallest absolute Gasteiger partial charge is 0.136 e. The van der Waals surface area contributed by atoms with Gasteiger partial charge in [0.25, 0.3) is 0 Å². The van der Waals surface area contributed by atoms with E-state index in [2.05, 4.69) is 229 Å². The van der Waals surface area contributed by atoms with Crippen LogP contribution in [0.4, 0.5) is 17.1 Å². The maximum Gasteiger partial charge on any atom is 0.136 e. The van der Waals surface area contributed by atoms with Crippen LogP contribution in [-0.4, -0.2) is 0 Å². The Bertz CT molecular complexity index is 3290. The van der Waals surface area contributed by atoms with E-state index in [4.69, 9.17) is 4.42 Å². The van der Waals surface area contributed by atoms with E-state index >= 15 is 0 Å². The number of benzene rings is 10. The molecular formula is C56H37NO. The summed E-state index contributed by atoms with van der Waals surface area (Å²) < 4.78 is 6.55. The summed E-state index contributed by atoms with van der Waals surface area (Å²) >= 11 is 0. The quantitative estimate of drug-likeness (QED) is 0.162. The summed E-state index contributed by atoms with van der Waals surface area (Å²) in [5, 5.41) is 7.11. The first-order valence-corrected chi connectivity index (χ1v) is 19.8. The van der Waals surface area contributed by atoms with Gasteiger partial charge >= 0.3 is 0 Å². The van der Waals surface area contributed by atoms with Crippen molar-refractivity contribution >= 4 is 60.5 Å². The lowest BCUT2D eigenvalue weighted by molar-refractivity contribution is 0.669. The fourth-order valence-corrected chi connectivity index (χ4v) is 8.57. The minimum Gasteiger partial charge on any atom is -0.456 e. The van der Waals surface area contributed by atoms with Crippen LogP contribution in [0.1, 0.15) is 0 Å². The number of hydrogen-bond donors (Lipinski definition) is 0.